The molecule has 1 N–H and O–H groups in total. The first kappa shape index (κ1) is 23.5. The number of aryl methyl sites for hydroxylation is 3. The number of unbranched alkanes of at least 4 members (excludes halogenated alkanes) is 1. The third kappa shape index (κ3) is 5.39. The van der Waals surface area contributed by atoms with Crippen molar-refractivity contribution in [3.63, 3.8) is 0 Å². The normalized spacial score (nSPS) is 20.3. The number of hydrogen-bond acceptors (Lipinski definition) is 4. The second-order valence-electron chi connectivity index (χ2n) is 9.95. The van der Waals surface area contributed by atoms with E-state index in [2.05, 4.69) is 58.9 Å². The molecule has 35 heavy (non-hydrogen) atoms. The second kappa shape index (κ2) is 10.2. The average Bonchev–Trinajstić information content (AvgIpc) is 3.46. The van der Waals surface area contributed by atoms with E-state index in [-0.39, 0.29) is 5.41 Å². The molecule has 0 bridgehead atoms. The van der Waals surface area contributed by atoms with Crippen LogP contribution in [0.5, 0.6) is 0 Å². The zero-order chi connectivity index (χ0) is 24.3. The Kier molecular flexibility index (Phi) is 6.84. The quantitative estimate of drug-likeness (QED) is 0.299. The molecule has 1 aliphatic rings. The zero-order valence-electron chi connectivity index (χ0n) is 20.8. The van der Waals surface area contributed by atoms with Crippen molar-refractivity contribution in [1.82, 2.24) is 19.7 Å². The molecule has 5 rings (SSSR count). The van der Waals surface area contributed by atoms with Gasteiger partial charge in [0.25, 0.3) is 0 Å². The smallest absolute Gasteiger partial charge is 0.217 e. The predicted molar refractivity (Wildman–Crippen MR) is 138 cm³/mol. The predicted octanol–water partition coefficient (Wildman–Crippen LogP) is 6.48. The van der Waals surface area contributed by atoms with Crippen LogP contribution in [0, 0.1) is 19.3 Å². The fourth-order valence-electron chi connectivity index (χ4n) is 4.78. The van der Waals surface area contributed by atoms with E-state index in [0.29, 0.717) is 19.0 Å². The highest BCUT2D eigenvalue weighted by Crippen LogP contribution is 2.37. The number of ether oxygens (including phenoxy) is 2. The highest BCUT2D eigenvalue weighted by molar-refractivity contribution is 5.78. The second-order valence-corrected chi connectivity index (χ2v) is 9.95. The summed E-state index contributed by atoms with van der Waals surface area (Å²) in [7, 11) is 0. The van der Waals surface area contributed by atoms with Crippen LogP contribution >= 0.6 is 0 Å². The Labute approximate surface area is 207 Å². The number of rotatable bonds is 8. The molecule has 0 unspecified atom stereocenters. The lowest BCUT2D eigenvalue weighted by atomic mass is 9.86. The van der Waals surface area contributed by atoms with Crippen LogP contribution in [0.3, 0.4) is 0 Å². The first-order valence-corrected chi connectivity index (χ1v) is 12.5. The van der Waals surface area contributed by atoms with Gasteiger partial charge in [-0.1, -0.05) is 74.0 Å². The molecule has 0 aliphatic carbocycles. The summed E-state index contributed by atoms with van der Waals surface area (Å²) in [6.45, 7) is 8.67. The highest BCUT2D eigenvalue weighted by atomic mass is 16.7. The molecule has 1 saturated heterocycles. The third-order valence-electron chi connectivity index (χ3n) is 6.73. The van der Waals surface area contributed by atoms with Gasteiger partial charge in [-0.05, 0) is 32.8 Å². The number of nitrogens with one attached hydrogen (secondary N) is 1. The summed E-state index contributed by atoms with van der Waals surface area (Å²) in [5.41, 5.74) is 6.36. The van der Waals surface area contributed by atoms with Crippen LogP contribution in [0.4, 0.5) is 0 Å². The molecule has 0 amide bonds. The van der Waals surface area contributed by atoms with Crippen molar-refractivity contribution in [3.8, 4) is 22.5 Å². The van der Waals surface area contributed by atoms with Crippen LogP contribution in [0.25, 0.3) is 22.5 Å². The van der Waals surface area contributed by atoms with Crippen LogP contribution in [0.15, 0.2) is 66.7 Å². The lowest BCUT2D eigenvalue weighted by Gasteiger charge is -2.36. The molecule has 3 heterocycles. The Balaban J connectivity index is 1.23. The maximum Gasteiger partial charge on any atom is 0.217 e. The van der Waals surface area contributed by atoms with Crippen LogP contribution in [-0.4, -0.2) is 33.0 Å². The standard InChI is InChI=1S/C29H34N4O2/c1-21-18-22(2)33(32-21)17-11-10-16-29(3)19-34-28(35-20-29)27-30-25(23-12-6-4-7-13-23)26(31-27)24-14-8-5-9-15-24/h4-9,12-15,18,28H,10-11,16-17,19-20H2,1-3H3,(H,30,31)/t28-,29+. The van der Waals surface area contributed by atoms with Gasteiger partial charge in [0.05, 0.1) is 30.3 Å². The highest BCUT2D eigenvalue weighted by Gasteiger charge is 2.34. The fraction of sp³-hybridized carbons (Fsp3) is 0.379. The van der Waals surface area contributed by atoms with Gasteiger partial charge in [0.15, 0.2) is 5.82 Å². The Morgan fingerprint density at radius 2 is 1.60 bits per heavy atom. The Morgan fingerprint density at radius 1 is 0.943 bits per heavy atom. The number of H-pyrrole nitrogens is 1. The van der Waals surface area contributed by atoms with E-state index in [1.165, 1.54) is 5.69 Å². The summed E-state index contributed by atoms with van der Waals surface area (Å²) in [4.78, 5) is 8.43. The summed E-state index contributed by atoms with van der Waals surface area (Å²) >= 11 is 0. The Bertz CT molecular complexity index is 1180. The van der Waals surface area contributed by atoms with E-state index in [9.17, 15) is 0 Å². The van der Waals surface area contributed by atoms with E-state index >= 15 is 0 Å². The molecular weight excluding hydrogens is 436 g/mol. The molecule has 6 heteroatoms. The first-order chi connectivity index (χ1) is 17.0. The lowest BCUT2D eigenvalue weighted by Crippen LogP contribution is -2.36. The van der Waals surface area contributed by atoms with Gasteiger partial charge in [0.2, 0.25) is 6.29 Å². The molecule has 1 fully saturated rings. The number of benzene rings is 2. The average molecular weight is 471 g/mol. The lowest BCUT2D eigenvalue weighted by molar-refractivity contribution is -0.235. The first-order valence-electron chi connectivity index (χ1n) is 12.5. The van der Waals surface area contributed by atoms with Gasteiger partial charge in [0, 0.05) is 28.8 Å². The maximum atomic E-state index is 6.22. The molecule has 1 aliphatic heterocycles. The van der Waals surface area contributed by atoms with Crippen LogP contribution in [-0.2, 0) is 16.0 Å². The van der Waals surface area contributed by atoms with E-state index < -0.39 is 6.29 Å². The third-order valence-corrected chi connectivity index (χ3v) is 6.73. The molecule has 2 aromatic carbocycles. The van der Waals surface area contributed by atoms with Crippen LogP contribution in [0.2, 0.25) is 0 Å². The monoisotopic (exact) mass is 470 g/mol. The van der Waals surface area contributed by atoms with E-state index in [1.807, 2.05) is 43.3 Å². The van der Waals surface area contributed by atoms with Crippen molar-refractivity contribution >= 4 is 0 Å². The number of hydrogen-bond donors (Lipinski definition) is 1. The van der Waals surface area contributed by atoms with Gasteiger partial charge in [-0.3, -0.25) is 4.68 Å². The van der Waals surface area contributed by atoms with Crippen molar-refractivity contribution < 1.29 is 9.47 Å². The molecule has 0 radical (unpaired) electrons. The van der Waals surface area contributed by atoms with Crippen molar-refractivity contribution in [2.75, 3.05) is 13.2 Å². The summed E-state index contributed by atoms with van der Waals surface area (Å²) in [6.07, 6.45) is 2.78. The van der Waals surface area contributed by atoms with E-state index in [0.717, 1.165) is 54.0 Å². The minimum atomic E-state index is -0.488. The zero-order valence-corrected chi connectivity index (χ0v) is 20.8. The Morgan fingerprint density at radius 3 is 2.23 bits per heavy atom. The maximum absolute atomic E-state index is 6.22. The van der Waals surface area contributed by atoms with E-state index in [1.54, 1.807) is 0 Å². The summed E-state index contributed by atoms with van der Waals surface area (Å²) in [5.74, 6) is 0.717. The topological polar surface area (TPSA) is 65.0 Å². The Hall–Kier alpha value is -3.22. The summed E-state index contributed by atoms with van der Waals surface area (Å²) < 4.78 is 14.6. The van der Waals surface area contributed by atoms with Gasteiger partial charge in [0.1, 0.15) is 0 Å². The van der Waals surface area contributed by atoms with E-state index in [4.69, 9.17) is 14.5 Å². The molecule has 0 spiro atoms. The van der Waals surface area contributed by atoms with Crippen molar-refractivity contribution in [1.29, 1.82) is 0 Å². The molecule has 0 atom stereocenters. The van der Waals surface area contributed by atoms with Crippen LogP contribution < -0.4 is 0 Å². The molecular formula is C29H34N4O2. The molecule has 0 saturated carbocycles. The SMILES string of the molecule is Cc1cc(C)n(CCCC[C@]2(C)CO[C@H](c3nc(-c4ccccc4)c(-c4ccccc4)[nH]3)OC2)n1. The van der Waals surface area contributed by atoms with Crippen molar-refractivity contribution in [2.45, 2.75) is 52.9 Å². The number of imidazole rings is 1. The minimum absolute atomic E-state index is 0.00267. The molecule has 4 aromatic rings. The van der Waals surface area contributed by atoms with Gasteiger partial charge in [-0.2, -0.15) is 5.10 Å². The summed E-state index contributed by atoms with van der Waals surface area (Å²) in [6, 6.07) is 22.7. The number of aromatic amines is 1. The number of nitrogens with zero attached hydrogens (tertiary/aromatic N) is 3. The van der Waals surface area contributed by atoms with Crippen molar-refractivity contribution in [2.24, 2.45) is 5.41 Å². The molecule has 2 aromatic heterocycles. The number of aromatic nitrogens is 4. The van der Waals surface area contributed by atoms with Gasteiger partial charge in [-0.15, -0.1) is 0 Å². The minimum Gasteiger partial charge on any atom is -0.345 e. The van der Waals surface area contributed by atoms with Crippen molar-refractivity contribution in [3.05, 3.63) is 83.9 Å². The molecule has 6 nitrogen and oxygen atoms in total. The van der Waals surface area contributed by atoms with Gasteiger partial charge in [-0.25, -0.2) is 4.98 Å². The fourth-order valence-corrected chi connectivity index (χ4v) is 4.78. The molecule has 182 valence electrons. The largest absolute Gasteiger partial charge is 0.345 e. The summed E-state index contributed by atoms with van der Waals surface area (Å²) in [5, 5.41) is 4.57. The van der Waals surface area contributed by atoms with Crippen LogP contribution in [0.1, 0.15) is 49.7 Å². The van der Waals surface area contributed by atoms with Gasteiger partial charge >= 0.3 is 0 Å². The van der Waals surface area contributed by atoms with Gasteiger partial charge < -0.3 is 14.5 Å².